The molecule has 1 aliphatic heterocycles. The van der Waals surface area contributed by atoms with Crippen molar-refractivity contribution in [2.24, 2.45) is 11.8 Å². The first-order valence-corrected chi connectivity index (χ1v) is 15.1. The normalized spacial score (nSPS) is 14.6. The maximum atomic E-state index is 13.7. The largest absolute Gasteiger partial charge is 0.339 e. The first kappa shape index (κ1) is 27.6. The first-order chi connectivity index (χ1) is 17.9. The Labute approximate surface area is 227 Å². The molecule has 0 spiro atoms. The van der Waals surface area contributed by atoms with Crippen molar-refractivity contribution >= 4 is 39.2 Å². The van der Waals surface area contributed by atoms with E-state index in [1.165, 1.54) is 32.4 Å². The molecule has 2 aromatic heterocycles. The van der Waals surface area contributed by atoms with E-state index in [2.05, 4.69) is 71.0 Å². The number of carbonyl (C=O) groups excluding carboxylic acids is 1. The van der Waals surface area contributed by atoms with Crippen LogP contribution in [0.5, 0.6) is 0 Å². The number of hydrogen-bond donors (Lipinski definition) is 1. The molecular formula is C30H45N5OS. The molecule has 0 saturated carbocycles. The lowest BCUT2D eigenvalue weighted by atomic mass is 10.1. The molecule has 0 unspecified atom stereocenters. The lowest BCUT2D eigenvalue weighted by molar-refractivity contribution is 0.0741. The molecule has 4 rings (SSSR count). The highest BCUT2D eigenvalue weighted by Gasteiger charge is 2.20. The second-order valence-corrected chi connectivity index (χ2v) is 12.3. The third-order valence-corrected chi connectivity index (χ3v) is 8.08. The van der Waals surface area contributed by atoms with E-state index in [9.17, 15) is 4.79 Å². The van der Waals surface area contributed by atoms with Crippen molar-refractivity contribution in [2.45, 2.75) is 72.8 Å². The third kappa shape index (κ3) is 7.81. The number of anilines is 2. The second kappa shape index (κ2) is 13.4. The quantitative estimate of drug-likeness (QED) is 0.256. The minimum atomic E-state index is 0.136. The van der Waals surface area contributed by atoms with Crippen LogP contribution in [-0.4, -0.2) is 58.0 Å². The van der Waals surface area contributed by atoms with Crippen LogP contribution in [0.2, 0.25) is 0 Å². The average Bonchev–Trinajstić information content (AvgIpc) is 3.52. The van der Waals surface area contributed by atoms with Crippen molar-refractivity contribution in [2.75, 3.05) is 38.0 Å². The zero-order valence-corrected chi connectivity index (χ0v) is 24.0. The number of fused-ring (bicyclic) bond motifs is 1. The number of carbonyl (C=O) groups is 1. The number of likely N-dealkylation sites (tertiary alicyclic amines) is 1. The molecule has 1 amide bonds. The van der Waals surface area contributed by atoms with Gasteiger partial charge in [0.15, 0.2) is 0 Å². The van der Waals surface area contributed by atoms with E-state index in [1.54, 1.807) is 11.3 Å². The Hall–Kier alpha value is -2.38. The second-order valence-electron chi connectivity index (χ2n) is 11.3. The lowest BCUT2D eigenvalue weighted by Gasteiger charge is -2.26. The molecule has 6 nitrogen and oxygen atoms in total. The third-order valence-electron chi connectivity index (χ3n) is 7.30. The highest BCUT2D eigenvalue weighted by atomic mass is 32.1. The van der Waals surface area contributed by atoms with Crippen LogP contribution in [-0.2, 0) is 6.54 Å². The van der Waals surface area contributed by atoms with Crippen LogP contribution in [0.15, 0.2) is 35.7 Å². The average molecular weight is 524 g/mol. The molecule has 1 fully saturated rings. The Morgan fingerprint density at radius 2 is 1.76 bits per heavy atom. The van der Waals surface area contributed by atoms with E-state index >= 15 is 0 Å². The molecule has 7 heteroatoms. The lowest BCUT2D eigenvalue weighted by Crippen LogP contribution is -2.34. The van der Waals surface area contributed by atoms with Crippen LogP contribution in [0.4, 0.5) is 10.9 Å². The number of imidazole rings is 1. The number of benzene rings is 1. The zero-order chi connectivity index (χ0) is 26.2. The molecule has 1 N–H and O–H groups in total. The van der Waals surface area contributed by atoms with E-state index in [0.29, 0.717) is 11.8 Å². The number of piperidine rings is 1. The van der Waals surface area contributed by atoms with E-state index < -0.39 is 0 Å². The topological polar surface area (TPSA) is 53.4 Å². The van der Waals surface area contributed by atoms with Gasteiger partial charge in [-0.2, -0.15) is 0 Å². The Morgan fingerprint density at radius 3 is 2.41 bits per heavy atom. The minimum absolute atomic E-state index is 0.136. The zero-order valence-electron chi connectivity index (χ0n) is 23.2. The Kier molecular flexibility index (Phi) is 10.0. The van der Waals surface area contributed by atoms with Gasteiger partial charge in [0, 0.05) is 25.2 Å². The summed E-state index contributed by atoms with van der Waals surface area (Å²) in [7, 11) is 0. The van der Waals surface area contributed by atoms with Gasteiger partial charge in [0.25, 0.3) is 5.91 Å². The highest BCUT2D eigenvalue weighted by Crippen LogP contribution is 2.27. The summed E-state index contributed by atoms with van der Waals surface area (Å²) in [5.74, 6) is 2.14. The Balaban J connectivity index is 1.58. The van der Waals surface area contributed by atoms with Crippen molar-refractivity contribution in [1.29, 1.82) is 0 Å². The summed E-state index contributed by atoms with van der Waals surface area (Å²) in [6.45, 7) is 14.9. The van der Waals surface area contributed by atoms with Crippen molar-refractivity contribution in [1.82, 2.24) is 19.4 Å². The van der Waals surface area contributed by atoms with Gasteiger partial charge in [0.05, 0.1) is 16.0 Å². The number of nitrogens with zero attached hydrogens (tertiary/aromatic N) is 4. The predicted molar refractivity (Wildman–Crippen MR) is 157 cm³/mol. The van der Waals surface area contributed by atoms with Crippen molar-refractivity contribution in [3.8, 4) is 0 Å². The molecule has 1 saturated heterocycles. The fourth-order valence-electron chi connectivity index (χ4n) is 5.00. The number of nitrogens with one attached hydrogen (secondary N) is 1. The van der Waals surface area contributed by atoms with Gasteiger partial charge in [-0.05, 0) is 99.3 Å². The molecule has 0 atom stereocenters. The van der Waals surface area contributed by atoms with Crippen molar-refractivity contribution in [3.63, 3.8) is 0 Å². The van der Waals surface area contributed by atoms with Crippen LogP contribution < -0.4 is 5.32 Å². The monoisotopic (exact) mass is 523 g/mol. The maximum absolute atomic E-state index is 13.7. The Bertz CT molecular complexity index is 1100. The summed E-state index contributed by atoms with van der Waals surface area (Å²) in [4.78, 5) is 23.3. The van der Waals surface area contributed by atoms with E-state index in [4.69, 9.17) is 4.98 Å². The molecule has 3 aromatic rings. The van der Waals surface area contributed by atoms with Gasteiger partial charge in [-0.15, -0.1) is 11.3 Å². The molecule has 37 heavy (non-hydrogen) atoms. The number of aryl methyl sites for hydroxylation is 1. The summed E-state index contributed by atoms with van der Waals surface area (Å²) in [5.41, 5.74) is 2.74. The van der Waals surface area contributed by atoms with Crippen molar-refractivity contribution < 1.29 is 4.79 Å². The minimum Gasteiger partial charge on any atom is -0.339 e. The van der Waals surface area contributed by atoms with Gasteiger partial charge in [-0.25, -0.2) is 4.98 Å². The summed E-state index contributed by atoms with van der Waals surface area (Å²) in [5, 5.41) is 6.68. The standard InChI is InChI=1S/C30H45N5OS/c1-23(2)13-19-34(20-14-24(3)4)29(36)25-11-12-26-27(22-25)35(18-9-17-33-15-6-5-7-16-33)30(31-26)32-28-10-8-21-37-28/h8,10-12,21-24H,5-7,9,13-20H2,1-4H3,(H,31,32). The SMILES string of the molecule is CC(C)CCN(CCC(C)C)C(=O)c1ccc2nc(Nc3cccs3)n(CCCN3CCCCC3)c2c1. The molecule has 0 radical (unpaired) electrons. The fourth-order valence-corrected chi connectivity index (χ4v) is 5.61. The van der Waals surface area contributed by atoms with E-state index in [0.717, 1.165) is 73.0 Å². The van der Waals surface area contributed by atoms with Gasteiger partial charge < -0.3 is 19.7 Å². The summed E-state index contributed by atoms with van der Waals surface area (Å²) < 4.78 is 2.28. The molecular weight excluding hydrogens is 478 g/mol. The van der Waals surface area contributed by atoms with Crippen LogP contribution in [0.3, 0.4) is 0 Å². The van der Waals surface area contributed by atoms with Gasteiger partial charge >= 0.3 is 0 Å². The fraction of sp³-hybridized carbons (Fsp3) is 0.600. The molecule has 0 aliphatic carbocycles. The van der Waals surface area contributed by atoms with Crippen LogP contribution >= 0.6 is 11.3 Å². The predicted octanol–water partition coefficient (Wildman–Crippen LogP) is 7.25. The number of rotatable bonds is 13. The smallest absolute Gasteiger partial charge is 0.253 e. The van der Waals surface area contributed by atoms with Crippen molar-refractivity contribution in [3.05, 3.63) is 41.3 Å². The molecule has 202 valence electrons. The van der Waals surface area contributed by atoms with Crippen LogP contribution in [0.1, 0.15) is 76.6 Å². The number of hydrogen-bond acceptors (Lipinski definition) is 5. The first-order valence-electron chi connectivity index (χ1n) is 14.2. The Morgan fingerprint density at radius 1 is 1.03 bits per heavy atom. The number of amides is 1. The molecule has 3 heterocycles. The summed E-state index contributed by atoms with van der Waals surface area (Å²) in [6.07, 6.45) is 7.10. The molecule has 0 bridgehead atoms. The molecule has 1 aliphatic rings. The number of aromatic nitrogens is 2. The van der Waals surface area contributed by atoms with Gasteiger partial charge in [0.2, 0.25) is 5.95 Å². The summed E-state index contributed by atoms with van der Waals surface area (Å²) in [6, 6.07) is 10.2. The highest BCUT2D eigenvalue weighted by molar-refractivity contribution is 7.14. The van der Waals surface area contributed by atoms with Gasteiger partial charge in [-0.1, -0.05) is 34.1 Å². The van der Waals surface area contributed by atoms with E-state index in [-0.39, 0.29) is 5.91 Å². The van der Waals surface area contributed by atoms with E-state index in [1.807, 2.05) is 12.1 Å². The van der Waals surface area contributed by atoms with Gasteiger partial charge in [0.1, 0.15) is 0 Å². The van der Waals surface area contributed by atoms with Crippen LogP contribution in [0, 0.1) is 11.8 Å². The molecule has 1 aromatic carbocycles. The summed E-state index contributed by atoms with van der Waals surface area (Å²) >= 11 is 1.68. The van der Waals surface area contributed by atoms with Gasteiger partial charge in [-0.3, -0.25) is 4.79 Å². The number of thiophene rings is 1. The maximum Gasteiger partial charge on any atom is 0.253 e. The van der Waals surface area contributed by atoms with Crippen LogP contribution in [0.25, 0.3) is 11.0 Å².